The van der Waals surface area contributed by atoms with Crippen molar-refractivity contribution in [2.45, 2.75) is 52.4 Å². The van der Waals surface area contributed by atoms with Crippen molar-refractivity contribution >= 4 is 17.3 Å². The molecule has 3 aromatic rings. The zero-order valence-electron chi connectivity index (χ0n) is 21.8. The van der Waals surface area contributed by atoms with Gasteiger partial charge >= 0.3 is 6.18 Å². The topological polar surface area (TPSA) is 98.7 Å². The highest BCUT2D eigenvalue weighted by Crippen LogP contribution is 2.30. The molecule has 3 rings (SSSR count). The number of nitrogens with one attached hydrogen (secondary N) is 1. The van der Waals surface area contributed by atoms with Crippen molar-refractivity contribution in [1.29, 1.82) is 0 Å². The van der Waals surface area contributed by atoms with Crippen molar-refractivity contribution < 1.29 is 36.9 Å². The first-order valence-corrected chi connectivity index (χ1v) is 12.2. The predicted octanol–water partition coefficient (Wildman–Crippen LogP) is 4.42. The number of amides is 1. The number of alkyl halides is 3. The average molecular weight is 542 g/mol. The third-order valence-electron chi connectivity index (χ3n) is 5.68. The lowest BCUT2D eigenvalue weighted by Gasteiger charge is -2.17. The predicted molar refractivity (Wildman–Crippen MR) is 138 cm³/mol. The Morgan fingerprint density at radius 2 is 1.84 bits per heavy atom. The SMILES string of the molecule is Cc1cc(CC(C)NCCOc2cc(F)ccc2OCC(F)(F)F)cc2cc(C)n(CCCO)c12.NC=O. The van der Waals surface area contributed by atoms with Gasteiger partial charge in [-0.1, -0.05) is 6.07 Å². The van der Waals surface area contributed by atoms with E-state index in [0.717, 1.165) is 36.9 Å². The highest BCUT2D eigenvalue weighted by Gasteiger charge is 2.29. The molecule has 0 radical (unpaired) electrons. The van der Waals surface area contributed by atoms with Crippen LogP contribution in [-0.2, 0) is 17.8 Å². The summed E-state index contributed by atoms with van der Waals surface area (Å²) in [6, 6.07) is 9.79. The van der Waals surface area contributed by atoms with Crippen LogP contribution in [0.2, 0.25) is 0 Å². The number of hydrogen-bond donors (Lipinski definition) is 3. The second-order valence-electron chi connectivity index (χ2n) is 8.90. The molecule has 1 amide bonds. The van der Waals surface area contributed by atoms with E-state index in [1.165, 1.54) is 22.0 Å². The summed E-state index contributed by atoms with van der Waals surface area (Å²) >= 11 is 0. The fourth-order valence-electron chi connectivity index (χ4n) is 4.24. The summed E-state index contributed by atoms with van der Waals surface area (Å²) in [7, 11) is 0. The first kappa shape index (κ1) is 30.9. The number of nitrogens with two attached hydrogens (primary N) is 1. The Kier molecular flexibility index (Phi) is 11.9. The Labute approximate surface area is 219 Å². The number of aryl methyl sites for hydroxylation is 3. The molecule has 0 saturated heterocycles. The lowest BCUT2D eigenvalue weighted by Crippen LogP contribution is -2.32. The monoisotopic (exact) mass is 541 g/mol. The number of hydrogen-bond acceptors (Lipinski definition) is 5. The van der Waals surface area contributed by atoms with Crippen molar-refractivity contribution in [1.82, 2.24) is 9.88 Å². The average Bonchev–Trinajstić information content (AvgIpc) is 3.15. The first-order chi connectivity index (χ1) is 18.0. The van der Waals surface area contributed by atoms with Gasteiger partial charge in [-0.3, -0.25) is 4.79 Å². The van der Waals surface area contributed by atoms with Crippen LogP contribution in [0, 0.1) is 19.7 Å². The van der Waals surface area contributed by atoms with Gasteiger partial charge in [0.25, 0.3) is 0 Å². The molecule has 1 aromatic heterocycles. The molecule has 0 aliphatic carbocycles. The Balaban J connectivity index is 0.00000161. The van der Waals surface area contributed by atoms with Gasteiger partial charge in [0.2, 0.25) is 6.41 Å². The number of aliphatic hydroxyl groups is 1. The van der Waals surface area contributed by atoms with Crippen molar-refractivity contribution in [3.63, 3.8) is 0 Å². The number of benzene rings is 2. The zero-order valence-corrected chi connectivity index (χ0v) is 21.8. The molecule has 1 atom stereocenters. The molecular weight excluding hydrogens is 506 g/mol. The van der Waals surface area contributed by atoms with Crippen LogP contribution in [-0.4, -0.2) is 54.7 Å². The number of primary amides is 1. The van der Waals surface area contributed by atoms with Gasteiger partial charge in [0.05, 0.1) is 5.52 Å². The van der Waals surface area contributed by atoms with E-state index in [0.29, 0.717) is 13.0 Å². The van der Waals surface area contributed by atoms with Crippen LogP contribution in [0.15, 0.2) is 36.4 Å². The fourth-order valence-corrected chi connectivity index (χ4v) is 4.24. The third kappa shape index (κ3) is 9.53. The number of aromatic nitrogens is 1. The van der Waals surface area contributed by atoms with Crippen LogP contribution in [0.1, 0.15) is 30.2 Å². The van der Waals surface area contributed by atoms with Crippen molar-refractivity contribution in [2.75, 3.05) is 26.4 Å². The van der Waals surface area contributed by atoms with Gasteiger partial charge in [0.1, 0.15) is 12.4 Å². The van der Waals surface area contributed by atoms with Crippen molar-refractivity contribution in [2.24, 2.45) is 5.73 Å². The smallest absolute Gasteiger partial charge is 0.422 e. The summed E-state index contributed by atoms with van der Waals surface area (Å²) in [5.74, 6) is -0.834. The summed E-state index contributed by atoms with van der Waals surface area (Å²) in [6.07, 6.45) is -2.76. The number of ether oxygens (including phenoxy) is 2. The second kappa shape index (κ2) is 14.6. The molecule has 11 heteroatoms. The van der Waals surface area contributed by atoms with E-state index in [9.17, 15) is 22.7 Å². The van der Waals surface area contributed by atoms with Crippen LogP contribution < -0.4 is 20.5 Å². The van der Waals surface area contributed by atoms with Gasteiger partial charge in [0.15, 0.2) is 18.1 Å². The standard InChI is InChI=1S/C26H32F4N2O3.CH3NO/c1-17-11-20(14-21-13-19(3)32(25(17)21)8-4-9-33)12-18(2)31-7-10-34-24-15-22(27)5-6-23(24)35-16-26(28,29)30;2-1-3/h5-6,11,13-15,18,31,33H,4,7-10,12,16H2,1-3H3;1H,(H2,2,3). The molecule has 0 bridgehead atoms. The lowest BCUT2D eigenvalue weighted by molar-refractivity contribution is -0.153. The molecule has 1 heterocycles. The minimum atomic E-state index is -4.50. The quantitative estimate of drug-likeness (QED) is 0.179. The molecule has 0 fully saturated rings. The molecule has 0 spiro atoms. The summed E-state index contributed by atoms with van der Waals surface area (Å²) < 4.78 is 63.4. The van der Waals surface area contributed by atoms with E-state index in [4.69, 9.17) is 14.3 Å². The molecule has 4 N–H and O–H groups in total. The van der Waals surface area contributed by atoms with Crippen LogP contribution >= 0.6 is 0 Å². The molecule has 38 heavy (non-hydrogen) atoms. The van der Waals surface area contributed by atoms with Gasteiger partial charge in [0, 0.05) is 42.9 Å². The van der Waals surface area contributed by atoms with E-state index in [1.54, 1.807) is 0 Å². The molecule has 7 nitrogen and oxygen atoms in total. The van der Waals surface area contributed by atoms with Crippen LogP contribution in [0.3, 0.4) is 0 Å². The Hall–Kier alpha value is -3.31. The number of carbonyl (C=O) groups excluding carboxylic acids is 1. The normalized spacial score (nSPS) is 12.1. The summed E-state index contributed by atoms with van der Waals surface area (Å²) in [4.78, 5) is 8.58. The molecular formula is C27H35F4N3O4. The zero-order chi connectivity index (χ0) is 28.3. The van der Waals surface area contributed by atoms with E-state index in [-0.39, 0.29) is 37.2 Å². The van der Waals surface area contributed by atoms with Gasteiger partial charge in [-0.25, -0.2) is 4.39 Å². The number of nitrogens with zero attached hydrogens (tertiary/aromatic N) is 1. The maximum absolute atomic E-state index is 13.5. The minimum absolute atomic E-state index is 0.0640. The first-order valence-electron chi connectivity index (χ1n) is 12.2. The number of aliphatic hydroxyl groups excluding tert-OH is 1. The fraction of sp³-hybridized carbons (Fsp3) is 0.444. The van der Waals surface area contributed by atoms with Gasteiger partial charge in [-0.05, 0) is 69.0 Å². The van der Waals surface area contributed by atoms with E-state index < -0.39 is 18.6 Å². The van der Waals surface area contributed by atoms with Crippen molar-refractivity contribution in [3.8, 4) is 11.5 Å². The Morgan fingerprint density at radius 1 is 1.13 bits per heavy atom. The highest BCUT2D eigenvalue weighted by atomic mass is 19.4. The number of halogens is 4. The lowest BCUT2D eigenvalue weighted by atomic mass is 10.0. The number of fused-ring (bicyclic) bond motifs is 1. The van der Waals surface area contributed by atoms with Crippen LogP contribution in [0.5, 0.6) is 11.5 Å². The summed E-state index contributed by atoms with van der Waals surface area (Å²) in [5.41, 5.74) is 8.88. The number of carbonyl (C=O) groups is 1. The molecule has 210 valence electrons. The molecule has 0 aliphatic heterocycles. The third-order valence-corrected chi connectivity index (χ3v) is 5.68. The molecule has 2 aromatic carbocycles. The second-order valence-corrected chi connectivity index (χ2v) is 8.90. The van der Waals surface area contributed by atoms with Crippen molar-refractivity contribution in [3.05, 3.63) is 59.0 Å². The van der Waals surface area contributed by atoms with Gasteiger partial charge in [-0.2, -0.15) is 13.2 Å². The van der Waals surface area contributed by atoms with E-state index in [2.05, 4.69) is 47.7 Å². The Morgan fingerprint density at radius 3 is 2.50 bits per heavy atom. The van der Waals surface area contributed by atoms with Gasteiger partial charge in [-0.15, -0.1) is 0 Å². The number of rotatable bonds is 12. The van der Waals surface area contributed by atoms with Crippen LogP contribution in [0.4, 0.5) is 17.6 Å². The van der Waals surface area contributed by atoms with E-state index >= 15 is 0 Å². The maximum atomic E-state index is 13.5. The maximum Gasteiger partial charge on any atom is 0.422 e. The highest BCUT2D eigenvalue weighted by molar-refractivity contribution is 5.85. The molecule has 0 aliphatic rings. The van der Waals surface area contributed by atoms with Crippen LogP contribution in [0.25, 0.3) is 10.9 Å². The summed E-state index contributed by atoms with van der Waals surface area (Å²) in [5, 5.41) is 13.7. The largest absolute Gasteiger partial charge is 0.488 e. The van der Waals surface area contributed by atoms with Gasteiger partial charge < -0.3 is 30.2 Å². The molecule has 1 unspecified atom stereocenters. The summed E-state index contributed by atoms with van der Waals surface area (Å²) in [6.45, 7) is 6.22. The Bertz CT molecular complexity index is 1180. The minimum Gasteiger partial charge on any atom is -0.488 e. The molecule has 0 saturated carbocycles. The van der Waals surface area contributed by atoms with E-state index in [1.807, 2.05) is 6.92 Å².